The molecule has 31 heteroatoms. The van der Waals surface area contributed by atoms with Gasteiger partial charge in [-0.05, 0) is 121 Å². The summed E-state index contributed by atoms with van der Waals surface area (Å²) >= 11 is 3.25. The van der Waals surface area contributed by atoms with Crippen molar-refractivity contribution in [2.75, 3.05) is 119 Å². The molecule has 12 rings (SSSR count). The van der Waals surface area contributed by atoms with E-state index >= 15 is 0 Å². The molecule has 0 aliphatic heterocycles. The lowest BCUT2D eigenvalue weighted by Gasteiger charge is -2.19. The summed E-state index contributed by atoms with van der Waals surface area (Å²) in [5.74, 6) is 10.0. The van der Waals surface area contributed by atoms with Gasteiger partial charge < -0.3 is 113 Å². The molecule has 0 radical (unpaired) electrons. The molecule has 0 aliphatic carbocycles. The molecule has 0 unspecified atom stereocenters. The predicted molar refractivity (Wildman–Crippen MR) is 480 cm³/mol. The number of halogens is 1. The number of rotatable bonds is 30. The Labute approximate surface area is 727 Å². The van der Waals surface area contributed by atoms with E-state index in [0.717, 1.165) is 39.7 Å². The van der Waals surface area contributed by atoms with Crippen molar-refractivity contribution in [1.82, 2.24) is 0 Å². The quantitative estimate of drug-likeness (QED) is 0.0240. The van der Waals surface area contributed by atoms with E-state index < -0.39 is 6.29 Å². The van der Waals surface area contributed by atoms with Crippen LogP contribution >= 0.6 is 15.9 Å². The van der Waals surface area contributed by atoms with Crippen molar-refractivity contribution in [1.29, 1.82) is 0 Å². The largest absolute Gasteiger partial charge is 0.504 e. The maximum absolute atomic E-state index is 11.6. The van der Waals surface area contributed by atoms with E-state index in [-0.39, 0.29) is 100 Å². The zero-order valence-electron chi connectivity index (χ0n) is 66.9. The van der Waals surface area contributed by atoms with E-state index in [1.807, 2.05) is 51.1 Å². The Morgan fingerprint density at radius 2 is 0.780 bits per heavy atom. The summed E-state index contributed by atoms with van der Waals surface area (Å²) in [6, 6.07) is 37.4. The van der Waals surface area contributed by atoms with Crippen molar-refractivity contribution in [3.05, 3.63) is 193 Å². The Morgan fingerprint density at radius 3 is 1.21 bits per heavy atom. The normalized spacial score (nSPS) is 9.66. The standard InChI is InChI=1S/C21H18O6.C15H22O6.C11H12O4.C11H10O4.C9H9BrO3.C9H10O4.C9H10O3.7CH4/c1-12-6-20(22)27-18-9-14(4-5-17(12)18)25-11-16-8-13-7-15(23-2)10-19(24-3)21(13)26-16;1-5-19-14(20-6-2)10-21-15-11(9-16)7-12(17-3)8-13(15)18-4;2*1-13-8-3-7-4-9(6-12)15-11(7)10(5-8)14-2;1-12-7-3-6(5-11)9(10)8(4-7)13-2;1-12-7-3-6(5-10)9(11)8(4-7)13-2;1-11-8-3-7(6-10)4-9(5-8)12-2;;;;;;;/h4-10H,11H2,1-3H3;7-9,14H,5-6,10H2,1-4H3;3-5,12H,6H2,1-2H3;3-6H,1-2H3;3-5H,1-2H3;3-5,11H,1-2H3;3-6H,1-2H3;7*1H4. The van der Waals surface area contributed by atoms with Gasteiger partial charge in [0, 0.05) is 100 Å². The first-order valence-electron chi connectivity index (χ1n) is 34.8. The van der Waals surface area contributed by atoms with E-state index in [2.05, 4.69) is 15.9 Å². The molecule has 2 N–H and O–H groups in total. The molecule has 674 valence electrons. The van der Waals surface area contributed by atoms with Crippen LogP contribution in [-0.2, 0) is 22.7 Å². The minimum atomic E-state index is -0.494. The molecule has 4 heterocycles. The zero-order valence-corrected chi connectivity index (χ0v) is 68.5. The number of fused-ring (bicyclic) bond motifs is 4. The second-order valence-corrected chi connectivity index (χ2v) is 24.1. The maximum Gasteiger partial charge on any atom is 0.336 e. The van der Waals surface area contributed by atoms with E-state index in [9.17, 15) is 33.9 Å². The number of hydrogen-bond acceptors (Lipinski definition) is 30. The number of hydrogen-bond donors (Lipinski definition) is 2. The van der Waals surface area contributed by atoms with Gasteiger partial charge in [-0.3, -0.25) is 24.0 Å². The van der Waals surface area contributed by atoms with Crippen molar-refractivity contribution < 1.29 is 137 Å². The fraction of sp³-hybridized carbons (Fsp3) is 0.326. The molecule has 0 fully saturated rings. The van der Waals surface area contributed by atoms with Gasteiger partial charge in [-0.25, -0.2) is 4.79 Å². The minimum Gasteiger partial charge on any atom is -0.504 e. The van der Waals surface area contributed by atoms with E-state index in [0.29, 0.717) is 173 Å². The monoisotopic (exact) mass is 1780 g/mol. The molecular weight excluding hydrogens is 1660 g/mol. The first-order chi connectivity index (χ1) is 56.1. The number of aldehydes is 5. The van der Waals surface area contributed by atoms with Crippen LogP contribution in [0.2, 0.25) is 0 Å². The van der Waals surface area contributed by atoms with Crippen molar-refractivity contribution in [2.24, 2.45) is 0 Å². The van der Waals surface area contributed by atoms with Crippen LogP contribution in [0.25, 0.3) is 43.9 Å². The third kappa shape index (κ3) is 31.1. The fourth-order valence-corrected chi connectivity index (χ4v) is 11.0. The molecule has 0 saturated heterocycles. The number of aliphatic hydroxyl groups excluding tert-OH is 1. The highest BCUT2D eigenvalue weighted by Crippen LogP contribution is 2.40. The summed E-state index contributed by atoms with van der Waals surface area (Å²) in [7, 11) is 21.5. The van der Waals surface area contributed by atoms with Crippen molar-refractivity contribution >= 4 is 91.2 Å². The molecule has 4 aromatic heterocycles. The van der Waals surface area contributed by atoms with Crippen molar-refractivity contribution in [3.8, 4) is 97.7 Å². The molecule has 123 heavy (non-hydrogen) atoms. The lowest BCUT2D eigenvalue weighted by atomic mass is 10.1. The van der Waals surface area contributed by atoms with Gasteiger partial charge in [-0.15, -0.1) is 0 Å². The Balaban J connectivity index is 0. The molecule has 0 amide bonds. The van der Waals surface area contributed by atoms with Crippen LogP contribution in [0.1, 0.15) is 135 Å². The lowest BCUT2D eigenvalue weighted by molar-refractivity contribution is -0.152. The highest BCUT2D eigenvalue weighted by Gasteiger charge is 2.20. The van der Waals surface area contributed by atoms with E-state index in [4.69, 9.17) is 108 Å². The first-order valence-corrected chi connectivity index (χ1v) is 35.6. The molecule has 12 aromatic rings. The van der Waals surface area contributed by atoms with Gasteiger partial charge in [-0.1, -0.05) is 52.0 Å². The summed E-state index contributed by atoms with van der Waals surface area (Å²) in [4.78, 5) is 64.9. The Morgan fingerprint density at radius 1 is 0.382 bits per heavy atom. The number of carbonyl (C=O) groups is 5. The molecule has 0 bridgehead atoms. The number of aliphatic hydroxyl groups is 1. The zero-order chi connectivity index (χ0) is 85.0. The average molecular weight is 1780 g/mol. The Kier molecular flexibility index (Phi) is 52.0. The lowest BCUT2D eigenvalue weighted by Crippen LogP contribution is -2.25. The Bertz CT molecular complexity index is 5180. The number of aromatic hydroxyl groups is 1. The van der Waals surface area contributed by atoms with Gasteiger partial charge in [0.25, 0.3) is 0 Å². The summed E-state index contributed by atoms with van der Waals surface area (Å²) in [5, 5.41) is 21.7. The van der Waals surface area contributed by atoms with Crippen LogP contribution in [0.15, 0.2) is 160 Å². The topological polar surface area (TPSA) is 362 Å². The van der Waals surface area contributed by atoms with Crippen molar-refractivity contribution in [2.45, 2.75) is 92.3 Å². The third-order valence-corrected chi connectivity index (χ3v) is 17.1. The number of phenolic OH excluding ortho intramolecular Hbond substituents is 1. The van der Waals surface area contributed by atoms with Gasteiger partial charge >= 0.3 is 5.63 Å². The Hall–Kier alpha value is -13.1. The molecule has 0 spiro atoms. The molecule has 0 atom stereocenters. The summed E-state index contributed by atoms with van der Waals surface area (Å²) in [5.41, 5.74) is 4.35. The number of methoxy groups -OCH3 is 14. The van der Waals surface area contributed by atoms with Crippen LogP contribution < -0.4 is 81.4 Å². The second kappa shape index (κ2) is 57.2. The highest BCUT2D eigenvalue weighted by atomic mass is 79.9. The first kappa shape index (κ1) is 112. The number of phenols is 1. The number of ether oxygens (including phenoxy) is 18. The summed E-state index contributed by atoms with van der Waals surface area (Å²) in [6.45, 7) is 6.89. The molecule has 0 saturated carbocycles. The van der Waals surface area contributed by atoms with E-state index in [1.54, 1.807) is 135 Å². The number of furan rings is 3. The van der Waals surface area contributed by atoms with Crippen LogP contribution in [0.5, 0.6) is 97.7 Å². The maximum atomic E-state index is 11.6. The second-order valence-electron chi connectivity index (χ2n) is 23.3. The number of benzene rings is 8. The van der Waals surface area contributed by atoms with Crippen LogP contribution in [0.4, 0.5) is 0 Å². The van der Waals surface area contributed by atoms with E-state index in [1.165, 1.54) is 68.0 Å². The predicted octanol–water partition coefficient (Wildman–Crippen LogP) is 20.4. The van der Waals surface area contributed by atoms with Crippen LogP contribution in [0, 0.1) is 6.92 Å². The van der Waals surface area contributed by atoms with Gasteiger partial charge in [0.1, 0.15) is 101 Å². The highest BCUT2D eigenvalue weighted by molar-refractivity contribution is 9.10. The summed E-state index contributed by atoms with van der Waals surface area (Å²) in [6.07, 6.45) is 2.90. The molecule has 30 nitrogen and oxygen atoms in total. The minimum absolute atomic E-state index is 0. The SMILES string of the molecule is C.C.C.C.C.C.C.CCOC(COc1c(C=O)cc(OC)cc1OC)OCC.COc1cc(C=O)c(Br)c(OC)c1.COc1cc(C=O)c(O)c(OC)c1.COc1cc(C=O)cc(OC)c1.COc1cc(OC)c2oc(C=O)cc2c1.COc1cc(OC)c2oc(CO)cc2c1.COc1cc(OC)c2oc(COc3ccc4c(C)cc(=O)oc4c3)cc2c1. The van der Waals surface area contributed by atoms with Crippen LogP contribution in [0.3, 0.4) is 0 Å². The van der Waals surface area contributed by atoms with Gasteiger partial charge in [0.2, 0.25) is 0 Å². The van der Waals surface area contributed by atoms with Crippen molar-refractivity contribution in [3.63, 3.8) is 0 Å². The van der Waals surface area contributed by atoms with Crippen LogP contribution in [-0.4, -0.2) is 167 Å². The summed E-state index contributed by atoms with van der Waals surface area (Å²) < 4.78 is 116. The number of aryl methyl sites for hydroxylation is 1. The van der Waals surface area contributed by atoms with Gasteiger partial charge in [0.05, 0.1) is 115 Å². The molecule has 0 aliphatic rings. The molecular formula is C92H119BrO30. The van der Waals surface area contributed by atoms with Gasteiger partial charge in [0.15, 0.2) is 94.2 Å². The number of carbonyl (C=O) groups excluding carboxylic acids is 5. The third-order valence-electron chi connectivity index (χ3n) is 16.2. The fourth-order valence-electron chi connectivity index (χ4n) is 10.6. The average Bonchev–Trinajstić information content (AvgIpc) is 1.54. The smallest absolute Gasteiger partial charge is 0.336 e. The molecule has 8 aromatic carbocycles. The van der Waals surface area contributed by atoms with Gasteiger partial charge in [-0.2, -0.15) is 0 Å².